The monoisotopic (exact) mass is 207 g/mol. The lowest BCUT2D eigenvalue weighted by atomic mass is 10.0. The molecule has 0 radical (unpaired) electrons. The molecular weight excluding hydrogens is 190 g/mol. The van der Waals surface area contributed by atoms with E-state index < -0.39 is 5.60 Å². The number of aliphatic hydroxyl groups is 1. The van der Waals surface area contributed by atoms with Crippen LogP contribution in [0.4, 0.5) is 0 Å². The molecule has 0 spiro atoms. The summed E-state index contributed by atoms with van der Waals surface area (Å²) in [6, 6.07) is 3.76. The second-order valence-corrected chi connectivity index (χ2v) is 4.35. The molecular formula is C11H17N3O. The van der Waals surface area contributed by atoms with Crippen LogP contribution in [0.1, 0.15) is 38.6 Å². The first-order chi connectivity index (χ1) is 6.96. The minimum atomic E-state index is -0.766. The maximum atomic E-state index is 9.72. The van der Waals surface area contributed by atoms with E-state index in [-0.39, 0.29) is 0 Å². The Morgan fingerprint density at radius 2 is 2.27 bits per heavy atom. The van der Waals surface area contributed by atoms with Gasteiger partial charge in [-0.05, 0) is 26.3 Å². The van der Waals surface area contributed by atoms with Crippen LogP contribution in [0.2, 0.25) is 0 Å². The lowest BCUT2D eigenvalue weighted by molar-refractivity contribution is 0.0786. The van der Waals surface area contributed by atoms with Crippen molar-refractivity contribution in [2.24, 2.45) is 0 Å². The van der Waals surface area contributed by atoms with Crippen LogP contribution in [0.3, 0.4) is 0 Å². The maximum Gasteiger partial charge on any atom is 0.162 e. The first kappa shape index (κ1) is 11.7. The number of nitriles is 1. The average Bonchev–Trinajstić information content (AvgIpc) is 2.46. The quantitative estimate of drug-likeness (QED) is 0.813. The fourth-order valence-electron chi connectivity index (χ4n) is 1.50. The zero-order valence-corrected chi connectivity index (χ0v) is 9.49. The van der Waals surface area contributed by atoms with Crippen LogP contribution < -0.4 is 0 Å². The molecule has 0 saturated heterocycles. The summed E-state index contributed by atoms with van der Waals surface area (Å²) < 4.78 is 1.80. The second kappa shape index (κ2) is 4.45. The highest BCUT2D eigenvalue weighted by atomic mass is 16.3. The van der Waals surface area contributed by atoms with Crippen molar-refractivity contribution < 1.29 is 5.11 Å². The predicted octanol–water partition coefficient (Wildman–Crippen LogP) is 1.48. The minimum absolute atomic E-state index is 0.419. The fraction of sp³-hybridized carbons (Fsp3) is 0.636. The van der Waals surface area contributed by atoms with E-state index in [0.717, 1.165) is 18.7 Å². The highest BCUT2D eigenvalue weighted by Gasteiger charge is 2.17. The summed E-state index contributed by atoms with van der Waals surface area (Å²) in [5.41, 5.74) is 0.571. The van der Waals surface area contributed by atoms with Crippen LogP contribution in [0.15, 0.2) is 6.07 Å². The van der Waals surface area contributed by atoms with Crippen LogP contribution >= 0.6 is 0 Å². The minimum Gasteiger partial charge on any atom is -0.390 e. The molecule has 0 saturated carbocycles. The van der Waals surface area contributed by atoms with E-state index in [2.05, 4.69) is 12.0 Å². The molecule has 15 heavy (non-hydrogen) atoms. The molecule has 0 atom stereocenters. The van der Waals surface area contributed by atoms with Crippen LogP contribution in [-0.4, -0.2) is 20.5 Å². The Kier molecular flexibility index (Phi) is 3.48. The number of nitrogens with zero attached hydrogens (tertiary/aromatic N) is 3. The Hall–Kier alpha value is -1.34. The summed E-state index contributed by atoms with van der Waals surface area (Å²) in [5, 5.41) is 22.6. The van der Waals surface area contributed by atoms with Gasteiger partial charge in [-0.2, -0.15) is 10.4 Å². The van der Waals surface area contributed by atoms with E-state index in [1.54, 1.807) is 24.6 Å². The number of hydrogen-bond acceptors (Lipinski definition) is 3. The van der Waals surface area contributed by atoms with Crippen molar-refractivity contribution >= 4 is 0 Å². The van der Waals surface area contributed by atoms with E-state index in [1.165, 1.54) is 0 Å². The zero-order valence-electron chi connectivity index (χ0n) is 9.49. The summed E-state index contributed by atoms with van der Waals surface area (Å²) >= 11 is 0. The molecule has 0 aliphatic heterocycles. The van der Waals surface area contributed by atoms with Gasteiger partial charge in [0.05, 0.1) is 5.60 Å². The van der Waals surface area contributed by atoms with Gasteiger partial charge in [0.15, 0.2) is 5.69 Å². The topological polar surface area (TPSA) is 61.8 Å². The molecule has 0 unspecified atom stereocenters. The standard InChI is InChI=1S/C11H17N3O/c1-4-5-14-10(7-11(2,3)15)6-9(8-12)13-14/h6,15H,4-5,7H2,1-3H3. The first-order valence-electron chi connectivity index (χ1n) is 5.15. The molecule has 4 heteroatoms. The first-order valence-corrected chi connectivity index (χ1v) is 5.15. The summed E-state index contributed by atoms with van der Waals surface area (Å²) in [4.78, 5) is 0. The Labute approximate surface area is 90.1 Å². The van der Waals surface area contributed by atoms with E-state index in [4.69, 9.17) is 5.26 Å². The highest BCUT2D eigenvalue weighted by Crippen LogP contribution is 2.14. The van der Waals surface area contributed by atoms with Gasteiger partial charge in [-0.1, -0.05) is 6.92 Å². The smallest absolute Gasteiger partial charge is 0.162 e. The van der Waals surface area contributed by atoms with Gasteiger partial charge in [0.25, 0.3) is 0 Å². The van der Waals surface area contributed by atoms with Crippen molar-refractivity contribution in [1.82, 2.24) is 9.78 Å². The molecule has 1 N–H and O–H groups in total. The third-order valence-corrected chi connectivity index (χ3v) is 2.03. The summed E-state index contributed by atoms with van der Waals surface area (Å²) in [6.07, 6.45) is 1.48. The predicted molar refractivity (Wildman–Crippen MR) is 57.2 cm³/mol. The molecule has 0 fully saturated rings. The van der Waals surface area contributed by atoms with Gasteiger partial charge in [-0.25, -0.2) is 0 Å². The van der Waals surface area contributed by atoms with Gasteiger partial charge in [0, 0.05) is 18.7 Å². The Balaban J connectivity index is 2.94. The van der Waals surface area contributed by atoms with Gasteiger partial charge in [-0.3, -0.25) is 4.68 Å². The molecule has 0 aliphatic carbocycles. The zero-order chi connectivity index (χ0) is 11.5. The molecule has 0 bridgehead atoms. The van der Waals surface area contributed by atoms with Crippen LogP contribution in [0, 0.1) is 11.3 Å². The number of hydrogen-bond donors (Lipinski definition) is 1. The SMILES string of the molecule is CCCn1nc(C#N)cc1CC(C)(C)O. The van der Waals surface area contributed by atoms with Crippen molar-refractivity contribution in [3.63, 3.8) is 0 Å². The van der Waals surface area contributed by atoms with E-state index in [1.807, 2.05) is 6.07 Å². The third kappa shape index (κ3) is 3.37. The van der Waals surface area contributed by atoms with Crippen molar-refractivity contribution in [3.8, 4) is 6.07 Å². The second-order valence-electron chi connectivity index (χ2n) is 4.35. The largest absolute Gasteiger partial charge is 0.390 e. The van der Waals surface area contributed by atoms with Gasteiger partial charge in [0.2, 0.25) is 0 Å². The Morgan fingerprint density at radius 1 is 1.60 bits per heavy atom. The van der Waals surface area contributed by atoms with Crippen LogP contribution in [0.25, 0.3) is 0 Å². The molecule has 0 amide bonds. The molecule has 0 aliphatic rings. The van der Waals surface area contributed by atoms with E-state index >= 15 is 0 Å². The Bertz CT molecular complexity index is 368. The summed E-state index contributed by atoms with van der Waals surface area (Å²) in [7, 11) is 0. The summed E-state index contributed by atoms with van der Waals surface area (Å²) in [6.45, 7) is 6.35. The fourth-order valence-corrected chi connectivity index (χ4v) is 1.50. The van der Waals surface area contributed by atoms with Gasteiger partial charge < -0.3 is 5.11 Å². The molecule has 1 aromatic heterocycles. The van der Waals surface area contributed by atoms with Crippen molar-refractivity contribution in [1.29, 1.82) is 5.26 Å². The Morgan fingerprint density at radius 3 is 2.73 bits per heavy atom. The highest BCUT2D eigenvalue weighted by molar-refractivity contribution is 5.23. The van der Waals surface area contributed by atoms with Gasteiger partial charge in [-0.15, -0.1) is 0 Å². The maximum absolute atomic E-state index is 9.72. The summed E-state index contributed by atoms with van der Waals surface area (Å²) in [5.74, 6) is 0. The number of rotatable bonds is 4. The van der Waals surface area contributed by atoms with Crippen LogP contribution in [-0.2, 0) is 13.0 Å². The van der Waals surface area contributed by atoms with Crippen molar-refractivity contribution in [2.75, 3.05) is 0 Å². The molecule has 0 aromatic carbocycles. The average molecular weight is 207 g/mol. The van der Waals surface area contributed by atoms with Crippen molar-refractivity contribution in [3.05, 3.63) is 17.5 Å². The molecule has 1 rings (SSSR count). The lowest BCUT2D eigenvalue weighted by Crippen LogP contribution is -2.24. The molecule has 4 nitrogen and oxygen atoms in total. The number of aromatic nitrogens is 2. The molecule has 1 aromatic rings. The number of aryl methyl sites for hydroxylation is 1. The van der Waals surface area contributed by atoms with Crippen molar-refractivity contribution in [2.45, 2.75) is 45.8 Å². The molecule has 1 heterocycles. The van der Waals surface area contributed by atoms with E-state index in [0.29, 0.717) is 12.1 Å². The molecule has 82 valence electrons. The van der Waals surface area contributed by atoms with E-state index in [9.17, 15) is 5.11 Å². The third-order valence-electron chi connectivity index (χ3n) is 2.03. The van der Waals surface area contributed by atoms with Gasteiger partial charge >= 0.3 is 0 Å². The normalized spacial score (nSPS) is 11.4. The lowest BCUT2D eigenvalue weighted by Gasteiger charge is -2.17. The van der Waals surface area contributed by atoms with Gasteiger partial charge in [0.1, 0.15) is 6.07 Å². The van der Waals surface area contributed by atoms with Crippen LogP contribution in [0.5, 0.6) is 0 Å².